The van der Waals surface area contributed by atoms with E-state index in [9.17, 15) is 4.79 Å². The van der Waals surface area contributed by atoms with Gasteiger partial charge in [-0.15, -0.1) is 11.3 Å². The molecule has 0 spiro atoms. The number of aryl methyl sites for hydroxylation is 1. The molecule has 22 heavy (non-hydrogen) atoms. The average molecular weight is 316 g/mol. The van der Waals surface area contributed by atoms with Crippen molar-refractivity contribution in [2.75, 3.05) is 13.7 Å². The number of hydrogen-bond donors (Lipinski definition) is 0. The van der Waals surface area contributed by atoms with E-state index in [1.807, 2.05) is 24.0 Å². The SMILES string of the molecule is COc1ccc(C[C@H]2CCCN2C(=O)c2scnc2C)cc1. The van der Waals surface area contributed by atoms with E-state index in [1.54, 1.807) is 12.6 Å². The van der Waals surface area contributed by atoms with Crippen molar-refractivity contribution >= 4 is 17.2 Å². The van der Waals surface area contributed by atoms with Crippen molar-refractivity contribution < 1.29 is 9.53 Å². The molecule has 1 aliphatic heterocycles. The van der Waals surface area contributed by atoms with Gasteiger partial charge in [-0.25, -0.2) is 4.98 Å². The van der Waals surface area contributed by atoms with Crippen molar-refractivity contribution in [3.05, 3.63) is 45.9 Å². The van der Waals surface area contributed by atoms with Crippen LogP contribution < -0.4 is 4.74 Å². The van der Waals surface area contributed by atoms with Gasteiger partial charge in [0.2, 0.25) is 0 Å². The summed E-state index contributed by atoms with van der Waals surface area (Å²) in [4.78, 5) is 19.7. The van der Waals surface area contributed by atoms with E-state index in [-0.39, 0.29) is 11.9 Å². The second-order valence-electron chi connectivity index (χ2n) is 5.61. The lowest BCUT2D eigenvalue weighted by atomic mass is 10.0. The van der Waals surface area contributed by atoms with E-state index in [1.165, 1.54) is 16.9 Å². The Kier molecular flexibility index (Phi) is 4.43. The number of rotatable bonds is 4. The minimum absolute atomic E-state index is 0.135. The highest BCUT2D eigenvalue weighted by Gasteiger charge is 2.30. The first-order valence-corrected chi connectivity index (χ1v) is 8.41. The van der Waals surface area contributed by atoms with Crippen LogP contribution in [0.25, 0.3) is 0 Å². The van der Waals surface area contributed by atoms with Gasteiger partial charge in [-0.2, -0.15) is 0 Å². The molecule has 3 rings (SSSR count). The molecule has 2 heterocycles. The Hall–Kier alpha value is -1.88. The summed E-state index contributed by atoms with van der Waals surface area (Å²) in [5.74, 6) is 0.999. The van der Waals surface area contributed by atoms with E-state index in [0.29, 0.717) is 0 Å². The quantitative estimate of drug-likeness (QED) is 0.869. The predicted molar refractivity (Wildman–Crippen MR) is 87.6 cm³/mol. The van der Waals surface area contributed by atoms with Crippen LogP contribution in [0.15, 0.2) is 29.8 Å². The first kappa shape index (κ1) is 15.0. The van der Waals surface area contributed by atoms with Gasteiger partial charge in [0.25, 0.3) is 5.91 Å². The molecule has 116 valence electrons. The maximum absolute atomic E-state index is 12.7. The Balaban J connectivity index is 1.72. The van der Waals surface area contributed by atoms with Gasteiger partial charge in [-0.05, 0) is 43.9 Å². The highest BCUT2D eigenvalue weighted by molar-refractivity contribution is 7.11. The third-order valence-corrected chi connectivity index (χ3v) is 5.12. The summed E-state index contributed by atoms with van der Waals surface area (Å²) in [6.07, 6.45) is 3.04. The number of likely N-dealkylation sites (tertiary alicyclic amines) is 1. The van der Waals surface area contributed by atoms with Gasteiger partial charge in [-0.3, -0.25) is 4.79 Å². The van der Waals surface area contributed by atoms with Gasteiger partial charge < -0.3 is 9.64 Å². The van der Waals surface area contributed by atoms with E-state index in [4.69, 9.17) is 4.74 Å². The van der Waals surface area contributed by atoms with Crippen LogP contribution in [-0.4, -0.2) is 35.5 Å². The Bertz CT molecular complexity index is 651. The van der Waals surface area contributed by atoms with Gasteiger partial charge in [0, 0.05) is 12.6 Å². The minimum Gasteiger partial charge on any atom is -0.497 e. The van der Waals surface area contributed by atoms with E-state index < -0.39 is 0 Å². The molecule has 1 saturated heterocycles. The molecule has 0 bridgehead atoms. The van der Waals surface area contributed by atoms with Gasteiger partial charge >= 0.3 is 0 Å². The van der Waals surface area contributed by atoms with Crippen molar-refractivity contribution in [2.24, 2.45) is 0 Å². The molecule has 1 fully saturated rings. The molecule has 0 radical (unpaired) electrons. The fourth-order valence-electron chi connectivity index (χ4n) is 2.99. The summed E-state index contributed by atoms with van der Waals surface area (Å²) in [7, 11) is 1.67. The van der Waals surface area contributed by atoms with Crippen molar-refractivity contribution in [1.82, 2.24) is 9.88 Å². The molecule has 0 aliphatic carbocycles. The van der Waals surface area contributed by atoms with Crippen molar-refractivity contribution in [3.8, 4) is 5.75 Å². The fraction of sp³-hybridized carbons (Fsp3) is 0.412. The molecule has 5 heteroatoms. The topological polar surface area (TPSA) is 42.4 Å². The zero-order valence-corrected chi connectivity index (χ0v) is 13.7. The number of thiazole rings is 1. The number of hydrogen-bond acceptors (Lipinski definition) is 4. The van der Waals surface area contributed by atoms with Crippen LogP contribution in [0.2, 0.25) is 0 Å². The molecule has 0 N–H and O–H groups in total. The Morgan fingerprint density at radius 3 is 2.82 bits per heavy atom. The van der Waals surface area contributed by atoms with Gasteiger partial charge in [0.05, 0.1) is 18.3 Å². The van der Waals surface area contributed by atoms with Crippen molar-refractivity contribution in [2.45, 2.75) is 32.2 Å². The standard InChI is InChI=1S/C17H20N2O2S/c1-12-16(22-11-18-12)17(20)19-9-3-4-14(19)10-13-5-7-15(21-2)8-6-13/h5-8,11,14H,3-4,9-10H2,1-2H3/t14-/m1/s1. The molecule has 1 aromatic heterocycles. The van der Waals surface area contributed by atoms with Gasteiger partial charge in [0.1, 0.15) is 10.6 Å². The lowest BCUT2D eigenvalue weighted by Crippen LogP contribution is -2.36. The molecule has 4 nitrogen and oxygen atoms in total. The molecular formula is C17H20N2O2S. The number of nitrogens with zero attached hydrogens (tertiary/aromatic N) is 2. The molecule has 1 atom stereocenters. The average Bonchev–Trinajstić information content (AvgIpc) is 3.16. The number of carbonyl (C=O) groups is 1. The summed E-state index contributed by atoms with van der Waals surface area (Å²) in [5, 5.41) is 0. The normalized spacial score (nSPS) is 17.7. The second kappa shape index (κ2) is 6.48. The number of aromatic nitrogens is 1. The molecule has 2 aromatic rings. The summed E-state index contributed by atoms with van der Waals surface area (Å²) in [6, 6.07) is 8.39. The molecule has 0 unspecified atom stereocenters. The Labute approximate surface area is 134 Å². The van der Waals surface area contributed by atoms with Crippen molar-refractivity contribution in [1.29, 1.82) is 0 Å². The molecular weight excluding hydrogens is 296 g/mol. The number of carbonyl (C=O) groups excluding carboxylic acids is 1. The number of ether oxygens (including phenoxy) is 1. The molecule has 1 aromatic carbocycles. The molecule has 0 saturated carbocycles. The van der Waals surface area contributed by atoms with E-state index in [2.05, 4.69) is 17.1 Å². The zero-order valence-electron chi connectivity index (χ0n) is 12.9. The largest absolute Gasteiger partial charge is 0.497 e. The smallest absolute Gasteiger partial charge is 0.266 e. The summed E-state index contributed by atoms with van der Waals surface area (Å²) in [5.41, 5.74) is 3.83. The third-order valence-electron chi connectivity index (χ3n) is 4.21. The lowest BCUT2D eigenvalue weighted by molar-refractivity contribution is 0.0740. The summed E-state index contributed by atoms with van der Waals surface area (Å²) >= 11 is 1.44. The molecule has 1 amide bonds. The van der Waals surface area contributed by atoms with Gasteiger partial charge in [0.15, 0.2) is 0 Å². The first-order valence-electron chi connectivity index (χ1n) is 7.53. The van der Waals surface area contributed by atoms with E-state index in [0.717, 1.165) is 42.1 Å². The van der Waals surface area contributed by atoms with Crippen LogP contribution in [0, 0.1) is 6.92 Å². The number of benzene rings is 1. The van der Waals surface area contributed by atoms with Crippen LogP contribution in [-0.2, 0) is 6.42 Å². The number of methoxy groups -OCH3 is 1. The van der Waals surface area contributed by atoms with Crippen molar-refractivity contribution in [3.63, 3.8) is 0 Å². The van der Waals surface area contributed by atoms with Crippen LogP contribution in [0.4, 0.5) is 0 Å². The van der Waals surface area contributed by atoms with Gasteiger partial charge in [-0.1, -0.05) is 12.1 Å². The van der Waals surface area contributed by atoms with Crippen LogP contribution in [0.1, 0.15) is 33.8 Å². The monoisotopic (exact) mass is 316 g/mol. The molecule has 1 aliphatic rings. The number of amides is 1. The zero-order chi connectivity index (χ0) is 15.5. The third kappa shape index (κ3) is 2.99. The highest BCUT2D eigenvalue weighted by atomic mass is 32.1. The maximum atomic E-state index is 12.7. The Morgan fingerprint density at radius 2 is 2.18 bits per heavy atom. The van der Waals surface area contributed by atoms with Crippen LogP contribution in [0.5, 0.6) is 5.75 Å². The van der Waals surface area contributed by atoms with Crippen LogP contribution in [0.3, 0.4) is 0 Å². The maximum Gasteiger partial charge on any atom is 0.266 e. The van der Waals surface area contributed by atoms with Crippen LogP contribution >= 0.6 is 11.3 Å². The predicted octanol–water partition coefficient (Wildman–Crippen LogP) is 3.31. The second-order valence-corrected chi connectivity index (χ2v) is 6.47. The Morgan fingerprint density at radius 1 is 1.41 bits per heavy atom. The fourth-order valence-corrected chi connectivity index (χ4v) is 3.74. The lowest BCUT2D eigenvalue weighted by Gasteiger charge is -2.24. The minimum atomic E-state index is 0.135. The summed E-state index contributed by atoms with van der Waals surface area (Å²) in [6.45, 7) is 2.75. The van der Waals surface area contributed by atoms with E-state index >= 15 is 0 Å². The summed E-state index contributed by atoms with van der Waals surface area (Å²) < 4.78 is 5.19. The highest BCUT2D eigenvalue weighted by Crippen LogP contribution is 2.26. The first-order chi connectivity index (χ1) is 10.7.